The van der Waals surface area contributed by atoms with Gasteiger partial charge in [-0.3, -0.25) is 5.32 Å². The number of rotatable bonds is 3. The Morgan fingerprint density at radius 3 is 2.62 bits per heavy atom. The van der Waals surface area contributed by atoms with E-state index < -0.39 is 17.7 Å². The highest BCUT2D eigenvalue weighted by Crippen LogP contribution is 2.16. The van der Waals surface area contributed by atoms with Crippen LogP contribution in [0.1, 0.15) is 0 Å². The van der Waals surface area contributed by atoms with Gasteiger partial charge in [-0.1, -0.05) is 0 Å². The van der Waals surface area contributed by atoms with E-state index >= 15 is 0 Å². The van der Waals surface area contributed by atoms with Crippen molar-refractivity contribution < 1.29 is 18.3 Å². The first-order chi connectivity index (χ1) is 11.6. The maximum atomic E-state index is 13.1. The molecule has 0 bridgehead atoms. The number of halogens is 2. The highest BCUT2D eigenvalue weighted by Gasteiger charge is 2.14. The topological polar surface area (TPSA) is 79.4 Å². The molecule has 2 N–H and O–H groups in total. The Morgan fingerprint density at radius 2 is 1.88 bits per heavy atom. The molecule has 2 aromatic rings. The molecule has 126 valence electrons. The van der Waals surface area contributed by atoms with Crippen molar-refractivity contribution >= 4 is 23.4 Å². The molecule has 2 amide bonds. The molecular weight excluding hydrogens is 320 g/mol. The van der Waals surface area contributed by atoms with E-state index in [1.54, 1.807) is 6.07 Å². The Bertz CT molecular complexity index is 738. The predicted molar refractivity (Wildman–Crippen MR) is 84.1 cm³/mol. The molecule has 0 radical (unpaired) electrons. The number of benzene rings is 1. The molecule has 9 heteroatoms. The van der Waals surface area contributed by atoms with Crippen molar-refractivity contribution in [1.29, 1.82) is 0 Å². The van der Waals surface area contributed by atoms with Gasteiger partial charge in [0.15, 0.2) is 11.6 Å². The maximum absolute atomic E-state index is 13.1. The van der Waals surface area contributed by atoms with Gasteiger partial charge >= 0.3 is 6.03 Å². The lowest BCUT2D eigenvalue weighted by Crippen LogP contribution is -2.36. The zero-order chi connectivity index (χ0) is 16.9. The monoisotopic (exact) mass is 335 g/mol. The fraction of sp³-hybridized carbons (Fsp3) is 0.267. The molecule has 24 heavy (non-hydrogen) atoms. The van der Waals surface area contributed by atoms with Crippen LogP contribution in [0.4, 0.5) is 30.9 Å². The third-order valence-corrected chi connectivity index (χ3v) is 3.41. The van der Waals surface area contributed by atoms with E-state index in [0.717, 1.165) is 12.1 Å². The van der Waals surface area contributed by atoms with Crippen LogP contribution in [-0.2, 0) is 4.74 Å². The Labute approximate surface area is 136 Å². The number of amides is 2. The van der Waals surface area contributed by atoms with Gasteiger partial charge in [0, 0.05) is 30.9 Å². The number of ether oxygens (including phenoxy) is 1. The van der Waals surface area contributed by atoms with E-state index in [9.17, 15) is 13.6 Å². The first kappa shape index (κ1) is 16.1. The predicted octanol–water partition coefficient (Wildman–Crippen LogP) is 2.24. The average molecular weight is 335 g/mol. The molecule has 7 nitrogen and oxygen atoms in total. The third kappa shape index (κ3) is 3.93. The van der Waals surface area contributed by atoms with Crippen LogP contribution < -0.4 is 15.5 Å². The Morgan fingerprint density at radius 1 is 1.08 bits per heavy atom. The summed E-state index contributed by atoms with van der Waals surface area (Å²) in [6, 6.07) is 4.11. The number of nitrogens with zero attached hydrogens (tertiary/aromatic N) is 3. The second-order valence-corrected chi connectivity index (χ2v) is 5.07. The standard InChI is InChI=1S/C15H15F2N5O2/c16-11-2-1-10(7-12(11)17)20-15(23)21-13-8-14(19-9-18-13)22-3-5-24-6-4-22/h1-2,7-9H,3-6H2,(H2,18,19,20,21,23). The van der Waals surface area contributed by atoms with Gasteiger partial charge in [-0.15, -0.1) is 0 Å². The summed E-state index contributed by atoms with van der Waals surface area (Å²) in [4.78, 5) is 22.1. The van der Waals surface area contributed by atoms with E-state index in [1.165, 1.54) is 12.4 Å². The lowest BCUT2D eigenvalue weighted by Gasteiger charge is -2.27. The Kier molecular flexibility index (Phi) is 4.80. The molecule has 0 atom stereocenters. The van der Waals surface area contributed by atoms with E-state index in [2.05, 4.69) is 20.6 Å². The fourth-order valence-electron chi connectivity index (χ4n) is 2.23. The van der Waals surface area contributed by atoms with Gasteiger partial charge in [-0.05, 0) is 12.1 Å². The van der Waals surface area contributed by atoms with E-state index in [0.29, 0.717) is 37.9 Å². The quantitative estimate of drug-likeness (QED) is 0.899. The van der Waals surface area contributed by atoms with Crippen molar-refractivity contribution in [2.45, 2.75) is 0 Å². The van der Waals surface area contributed by atoms with E-state index in [1.807, 2.05) is 4.90 Å². The second kappa shape index (κ2) is 7.18. The lowest BCUT2D eigenvalue weighted by molar-refractivity contribution is 0.122. The molecule has 1 saturated heterocycles. The summed E-state index contributed by atoms with van der Waals surface area (Å²) in [5, 5.41) is 4.94. The maximum Gasteiger partial charge on any atom is 0.324 e. The first-order valence-corrected chi connectivity index (χ1v) is 7.29. The molecule has 0 unspecified atom stereocenters. The zero-order valence-electron chi connectivity index (χ0n) is 12.6. The molecule has 1 aromatic heterocycles. The lowest BCUT2D eigenvalue weighted by atomic mass is 10.3. The highest BCUT2D eigenvalue weighted by molar-refractivity contribution is 5.99. The minimum absolute atomic E-state index is 0.133. The molecule has 0 saturated carbocycles. The number of anilines is 3. The minimum atomic E-state index is -1.04. The number of carbonyl (C=O) groups excluding carboxylic acids is 1. The van der Waals surface area contributed by atoms with Gasteiger partial charge in [0.1, 0.15) is 18.0 Å². The number of nitrogens with one attached hydrogen (secondary N) is 2. The van der Waals surface area contributed by atoms with Crippen LogP contribution in [0.25, 0.3) is 0 Å². The highest BCUT2D eigenvalue weighted by atomic mass is 19.2. The molecule has 3 rings (SSSR count). The number of hydrogen-bond donors (Lipinski definition) is 2. The van der Waals surface area contributed by atoms with Crippen molar-refractivity contribution in [1.82, 2.24) is 9.97 Å². The Balaban J connectivity index is 1.64. The first-order valence-electron chi connectivity index (χ1n) is 7.29. The van der Waals surface area contributed by atoms with Gasteiger partial charge in [0.25, 0.3) is 0 Å². The van der Waals surface area contributed by atoms with Gasteiger partial charge in [0.05, 0.1) is 13.2 Å². The van der Waals surface area contributed by atoms with Crippen LogP contribution in [0.5, 0.6) is 0 Å². The van der Waals surface area contributed by atoms with Crippen LogP contribution in [0, 0.1) is 11.6 Å². The zero-order valence-corrected chi connectivity index (χ0v) is 12.6. The van der Waals surface area contributed by atoms with Crippen molar-refractivity contribution in [3.8, 4) is 0 Å². The van der Waals surface area contributed by atoms with Crippen LogP contribution in [0.3, 0.4) is 0 Å². The summed E-state index contributed by atoms with van der Waals surface area (Å²) in [5.41, 5.74) is 0.133. The van der Waals surface area contributed by atoms with Crippen molar-refractivity contribution in [3.63, 3.8) is 0 Å². The molecule has 0 spiro atoms. The molecule has 2 heterocycles. The third-order valence-electron chi connectivity index (χ3n) is 3.41. The van der Waals surface area contributed by atoms with E-state index in [4.69, 9.17) is 4.74 Å². The summed E-state index contributed by atoms with van der Waals surface area (Å²) in [6.07, 6.45) is 1.35. The fourth-order valence-corrected chi connectivity index (χ4v) is 2.23. The van der Waals surface area contributed by atoms with Crippen molar-refractivity contribution in [3.05, 3.63) is 42.2 Å². The summed E-state index contributed by atoms with van der Waals surface area (Å²) < 4.78 is 31.3. The van der Waals surface area contributed by atoms with Crippen LogP contribution in [-0.4, -0.2) is 42.3 Å². The number of hydrogen-bond acceptors (Lipinski definition) is 5. The van der Waals surface area contributed by atoms with Gasteiger partial charge in [-0.25, -0.2) is 23.5 Å². The van der Waals surface area contributed by atoms with Crippen molar-refractivity contribution in [2.75, 3.05) is 41.8 Å². The van der Waals surface area contributed by atoms with Crippen LogP contribution in [0.15, 0.2) is 30.6 Å². The number of carbonyl (C=O) groups is 1. The molecule has 1 fully saturated rings. The van der Waals surface area contributed by atoms with Crippen molar-refractivity contribution in [2.24, 2.45) is 0 Å². The average Bonchev–Trinajstić information content (AvgIpc) is 2.59. The van der Waals surface area contributed by atoms with Gasteiger partial charge in [-0.2, -0.15) is 0 Å². The summed E-state index contributed by atoms with van der Waals surface area (Å²) in [6.45, 7) is 2.64. The number of aromatic nitrogens is 2. The summed E-state index contributed by atoms with van der Waals surface area (Å²) in [7, 11) is 0. The largest absolute Gasteiger partial charge is 0.378 e. The number of urea groups is 1. The van der Waals surface area contributed by atoms with E-state index in [-0.39, 0.29) is 5.69 Å². The minimum Gasteiger partial charge on any atom is -0.378 e. The SMILES string of the molecule is O=C(Nc1ccc(F)c(F)c1)Nc1cc(N2CCOCC2)ncn1. The summed E-state index contributed by atoms with van der Waals surface area (Å²) in [5.74, 6) is -1.04. The molecular formula is C15H15F2N5O2. The second-order valence-electron chi connectivity index (χ2n) is 5.07. The molecule has 1 aliphatic heterocycles. The van der Waals surface area contributed by atoms with Crippen LogP contribution in [0.2, 0.25) is 0 Å². The smallest absolute Gasteiger partial charge is 0.324 e. The Hall–Kier alpha value is -2.81. The van der Waals surface area contributed by atoms with Gasteiger partial charge < -0.3 is 15.0 Å². The molecule has 0 aliphatic carbocycles. The molecule has 1 aromatic carbocycles. The molecule has 1 aliphatic rings. The van der Waals surface area contributed by atoms with Gasteiger partial charge in [0.2, 0.25) is 0 Å². The number of morpholine rings is 1. The summed E-state index contributed by atoms with van der Waals surface area (Å²) >= 11 is 0. The van der Waals surface area contributed by atoms with Crippen LogP contribution >= 0.6 is 0 Å². The normalized spacial score (nSPS) is 14.3.